The molecule has 1 aliphatic rings. The van der Waals surface area contributed by atoms with E-state index in [-0.39, 0.29) is 11.8 Å². The zero-order chi connectivity index (χ0) is 11.8. The predicted molar refractivity (Wildman–Crippen MR) is 61.5 cm³/mol. The average Bonchev–Trinajstić information content (AvgIpc) is 2.66. The second kappa shape index (κ2) is 3.52. The summed E-state index contributed by atoms with van der Waals surface area (Å²) in [6.07, 6.45) is 3.02. The van der Waals surface area contributed by atoms with Gasteiger partial charge in [0.05, 0.1) is 11.1 Å². The molecule has 4 nitrogen and oxygen atoms in total. The van der Waals surface area contributed by atoms with Crippen LogP contribution in [0.4, 0.5) is 0 Å². The molecule has 0 bridgehead atoms. The molecular weight excluding hydrogens is 216 g/mol. The number of amides is 2. The minimum absolute atomic E-state index is 0.344. The van der Waals surface area contributed by atoms with Crippen LogP contribution in [0.25, 0.3) is 11.1 Å². The lowest BCUT2D eigenvalue weighted by Gasteiger charge is -2.04. The maximum Gasteiger partial charge on any atom is 0.260 e. The number of hydrogen-bond donors (Lipinski definition) is 1. The molecule has 0 radical (unpaired) electrons. The number of nitrogens with one attached hydrogen (secondary N) is 1. The number of fused-ring (bicyclic) bond motifs is 1. The minimum atomic E-state index is -0.379. The van der Waals surface area contributed by atoms with Gasteiger partial charge in [0.1, 0.15) is 0 Å². The lowest BCUT2D eigenvalue weighted by molar-refractivity contribution is 0.0880. The number of carbonyl (C=O) groups excluding carboxylic acids is 2. The average molecular weight is 224 g/mol. The van der Waals surface area contributed by atoms with E-state index in [4.69, 9.17) is 0 Å². The van der Waals surface area contributed by atoms with Gasteiger partial charge < -0.3 is 0 Å². The molecular formula is C13H8N2O2. The van der Waals surface area contributed by atoms with Gasteiger partial charge in [0.15, 0.2) is 0 Å². The highest BCUT2D eigenvalue weighted by Crippen LogP contribution is 2.27. The van der Waals surface area contributed by atoms with Gasteiger partial charge in [-0.25, -0.2) is 0 Å². The summed E-state index contributed by atoms with van der Waals surface area (Å²) in [5.74, 6) is -0.735. The molecule has 1 aromatic heterocycles. The number of nitrogens with zero attached hydrogens (tertiary/aromatic N) is 1. The van der Waals surface area contributed by atoms with Gasteiger partial charge >= 0.3 is 0 Å². The number of imide groups is 1. The summed E-state index contributed by atoms with van der Waals surface area (Å²) in [5, 5.41) is 2.27. The van der Waals surface area contributed by atoms with Gasteiger partial charge in [-0.15, -0.1) is 0 Å². The zero-order valence-electron chi connectivity index (χ0n) is 8.81. The van der Waals surface area contributed by atoms with Crippen molar-refractivity contribution in [3.8, 4) is 11.1 Å². The molecule has 82 valence electrons. The molecule has 0 atom stereocenters. The number of aromatic nitrogens is 1. The van der Waals surface area contributed by atoms with Crippen LogP contribution in [0.1, 0.15) is 20.7 Å². The molecule has 2 aromatic rings. The Labute approximate surface area is 97.3 Å². The number of hydrogen-bond acceptors (Lipinski definition) is 3. The molecule has 0 spiro atoms. The van der Waals surface area contributed by atoms with Crippen LogP contribution in [0.15, 0.2) is 42.7 Å². The monoisotopic (exact) mass is 224 g/mol. The van der Waals surface area contributed by atoms with Gasteiger partial charge in [-0.1, -0.05) is 30.3 Å². The van der Waals surface area contributed by atoms with E-state index in [0.717, 1.165) is 5.56 Å². The van der Waals surface area contributed by atoms with Crippen molar-refractivity contribution in [2.75, 3.05) is 0 Å². The van der Waals surface area contributed by atoms with E-state index in [1.165, 1.54) is 6.20 Å². The van der Waals surface area contributed by atoms with Crippen LogP contribution in [-0.2, 0) is 0 Å². The van der Waals surface area contributed by atoms with Gasteiger partial charge in [0, 0.05) is 18.0 Å². The molecule has 0 fully saturated rings. The van der Waals surface area contributed by atoms with Crippen molar-refractivity contribution in [1.29, 1.82) is 0 Å². The first-order valence-electron chi connectivity index (χ1n) is 5.16. The number of carbonyl (C=O) groups is 2. The number of pyridine rings is 1. The second-order valence-corrected chi connectivity index (χ2v) is 3.76. The minimum Gasteiger partial charge on any atom is -0.288 e. The highest BCUT2D eigenvalue weighted by atomic mass is 16.2. The van der Waals surface area contributed by atoms with E-state index >= 15 is 0 Å². The highest BCUT2D eigenvalue weighted by Gasteiger charge is 2.29. The lowest BCUT2D eigenvalue weighted by atomic mass is 10.00. The Bertz CT molecular complexity index is 621. The van der Waals surface area contributed by atoms with Gasteiger partial charge in [-0.05, 0) is 5.56 Å². The molecule has 0 saturated heterocycles. The van der Waals surface area contributed by atoms with E-state index in [1.54, 1.807) is 6.20 Å². The Morgan fingerprint density at radius 1 is 0.882 bits per heavy atom. The van der Waals surface area contributed by atoms with E-state index in [1.807, 2.05) is 30.3 Å². The summed E-state index contributed by atoms with van der Waals surface area (Å²) in [6.45, 7) is 0. The van der Waals surface area contributed by atoms with Gasteiger partial charge in [0.25, 0.3) is 11.8 Å². The Morgan fingerprint density at radius 3 is 2.35 bits per heavy atom. The maximum atomic E-state index is 11.7. The van der Waals surface area contributed by atoms with Crippen molar-refractivity contribution < 1.29 is 9.59 Å². The van der Waals surface area contributed by atoms with Crippen LogP contribution in [0.5, 0.6) is 0 Å². The molecule has 1 aromatic carbocycles. The first-order valence-corrected chi connectivity index (χ1v) is 5.16. The molecule has 2 heterocycles. The fourth-order valence-electron chi connectivity index (χ4n) is 1.95. The molecule has 1 aliphatic heterocycles. The van der Waals surface area contributed by atoms with Crippen LogP contribution in [0.3, 0.4) is 0 Å². The van der Waals surface area contributed by atoms with Crippen molar-refractivity contribution in [3.05, 3.63) is 53.9 Å². The van der Waals surface area contributed by atoms with Crippen LogP contribution >= 0.6 is 0 Å². The number of rotatable bonds is 1. The van der Waals surface area contributed by atoms with Crippen molar-refractivity contribution in [3.63, 3.8) is 0 Å². The van der Waals surface area contributed by atoms with E-state index in [9.17, 15) is 9.59 Å². The Kier molecular flexibility index (Phi) is 2.01. The summed E-state index contributed by atoms with van der Waals surface area (Å²) in [4.78, 5) is 27.2. The van der Waals surface area contributed by atoms with E-state index in [2.05, 4.69) is 10.3 Å². The fraction of sp³-hybridized carbons (Fsp3) is 0. The first-order chi connectivity index (χ1) is 8.27. The lowest BCUT2D eigenvalue weighted by Crippen LogP contribution is -2.20. The Hall–Kier alpha value is -2.49. The van der Waals surface area contributed by atoms with Crippen LogP contribution in [0, 0.1) is 0 Å². The Morgan fingerprint density at radius 2 is 1.59 bits per heavy atom. The smallest absolute Gasteiger partial charge is 0.260 e. The summed E-state index contributed by atoms with van der Waals surface area (Å²) in [6, 6.07) is 9.42. The Balaban J connectivity index is 2.27. The highest BCUT2D eigenvalue weighted by molar-refractivity contribution is 6.23. The molecule has 0 aliphatic carbocycles. The third-order valence-electron chi connectivity index (χ3n) is 2.73. The van der Waals surface area contributed by atoms with Crippen LogP contribution in [0.2, 0.25) is 0 Å². The number of benzene rings is 1. The molecule has 17 heavy (non-hydrogen) atoms. The van der Waals surface area contributed by atoms with Gasteiger partial charge in [0.2, 0.25) is 0 Å². The maximum absolute atomic E-state index is 11.7. The standard InChI is InChI=1S/C13H8N2O2/c16-12-10-7-14-6-9(11(10)13(17)15-12)8-4-2-1-3-5-8/h1-7H,(H,15,16,17). The molecule has 2 amide bonds. The predicted octanol–water partition coefficient (Wildman–Crippen LogP) is 1.63. The summed E-state index contributed by atoms with van der Waals surface area (Å²) < 4.78 is 0. The van der Waals surface area contributed by atoms with E-state index in [0.29, 0.717) is 16.7 Å². The SMILES string of the molecule is O=C1NC(=O)c2c1cncc2-c1ccccc1. The van der Waals surface area contributed by atoms with Gasteiger partial charge in [-0.2, -0.15) is 0 Å². The van der Waals surface area contributed by atoms with Crippen molar-refractivity contribution in [2.24, 2.45) is 0 Å². The largest absolute Gasteiger partial charge is 0.288 e. The molecule has 0 saturated carbocycles. The molecule has 4 heteroatoms. The summed E-state index contributed by atoms with van der Waals surface area (Å²) >= 11 is 0. The summed E-state index contributed by atoms with van der Waals surface area (Å²) in [5.41, 5.74) is 2.32. The first kappa shape index (κ1) is 9.72. The quantitative estimate of drug-likeness (QED) is 0.749. The van der Waals surface area contributed by atoms with Crippen molar-refractivity contribution in [2.45, 2.75) is 0 Å². The zero-order valence-corrected chi connectivity index (χ0v) is 8.81. The van der Waals surface area contributed by atoms with E-state index < -0.39 is 0 Å². The van der Waals surface area contributed by atoms with Crippen molar-refractivity contribution in [1.82, 2.24) is 10.3 Å². The molecule has 3 rings (SSSR count). The van der Waals surface area contributed by atoms with Gasteiger partial charge in [-0.3, -0.25) is 19.9 Å². The van der Waals surface area contributed by atoms with Crippen molar-refractivity contribution >= 4 is 11.8 Å². The third kappa shape index (κ3) is 1.42. The second-order valence-electron chi connectivity index (χ2n) is 3.76. The normalized spacial score (nSPS) is 13.4. The van der Waals surface area contributed by atoms with Crippen LogP contribution < -0.4 is 5.32 Å². The third-order valence-corrected chi connectivity index (χ3v) is 2.73. The fourth-order valence-corrected chi connectivity index (χ4v) is 1.95. The van der Waals surface area contributed by atoms with Crippen LogP contribution in [-0.4, -0.2) is 16.8 Å². The molecule has 1 N–H and O–H groups in total. The summed E-state index contributed by atoms with van der Waals surface area (Å²) in [7, 11) is 0. The topological polar surface area (TPSA) is 59.1 Å². The molecule has 0 unspecified atom stereocenters.